The minimum Gasteiger partial charge on any atom is -0.504 e. The van der Waals surface area contributed by atoms with Gasteiger partial charge >= 0.3 is 6.09 Å². The second-order valence-corrected chi connectivity index (χ2v) is 3.98. The number of aromatic hydroxyl groups is 2. The van der Waals surface area contributed by atoms with Crippen LogP contribution in [0.2, 0.25) is 0 Å². The highest BCUT2D eigenvalue weighted by Gasteiger charge is 2.21. The molecule has 1 aromatic carbocycles. The van der Waals surface area contributed by atoms with E-state index in [9.17, 15) is 15.0 Å². The first kappa shape index (κ1) is 13.0. The Hall–Kier alpha value is -2.44. The molecule has 7 nitrogen and oxygen atoms in total. The summed E-state index contributed by atoms with van der Waals surface area (Å²) in [6.07, 6.45) is -0.567. The number of amides is 1. The van der Waals surface area contributed by atoms with Gasteiger partial charge in [0.15, 0.2) is 11.5 Å². The molecule has 4 N–H and O–H groups in total. The molecule has 2 rings (SSSR count). The van der Waals surface area contributed by atoms with Crippen molar-refractivity contribution in [2.24, 2.45) is 4.99 Å². The number of ether oxygens (including phenoxy) is 1. The van der Waals surface area contributed by atoms with Crippen LogP contribution in [-0.2, 0) is 4.74 Å². The zero-order valence-electron chi connectivity index (χ0n) is 10.4. The van der Waals surface area contributed by atoms with E-state index in [0.29, 0.717) is 12.5 Å². The molecule has 1 aromatic rings. The number of hydrogen-bond donors (Lipinski definition) is 4. The lowest BCUT2D eigenvalue weighted by molar-refractivity contribution is 0.157. The second-order valence-electron chi connectivity index (χ2n) is 3.98. The summed E-state index contributed by atoms with van der Waals surface area (Å²) in [4.78, 5) is 15.3. The Morgan fingerprint density at radius 3 is 3.00 bits per heavy atom. The SMILES string of the molecule is CCOC(=O)NC1=NCC(c2ccc(O)c(O)c2)N1. The lowest BCUT2D eigenvalue weighted by atomic mass is 10.1. The summed E-state index contributed by atoms with van der Waals surface area (Å²) in [6, 6.07) is 4.37. The predicted molar refractivity (Wildman–Crippen MR) is 68.1 cm³/mol. The second kappa shape index (κ2) is 5.47. The lowest BCUT2D eigenvalue weighted by Gasteiger charge is -2.13. The molecule has 1 amide bonds. The molecule has 1 atom stereocenters. The number of carbonyl (C=O) groups excluding carboxylic acids is 1. The Labute approximate surface area is 109 Å². The minimum absolute atomic E-state index is 0.163. The zero-order valence-corrected chi connectivity index (χ0v) is 10.4. The van der Waals surface area contributed by atoms with Crippen molar-refractivity contribution in [2.45, 2.75) is 13.0 Å². The van der Waals surface area contributed by atoms with Crippen molar-refractivity contribution >= 4 is 12.1 Å². The summed E-state index contributed by atoms with van der Waals surface area (Å²) < 4.78 is 4.74. The van der Waals surface area contributed by atoms with Gasteiger partial charge in [-0.2, -0.15) is 0 Å². The molecular formula is C12H15N3O4. The lowest BCUT2D eigenvalue weighted by Crippen LogP contribution is -2.39. The number of nitrogens with one attached hydrogen (secondary N) is 2. The Morgan fingerprint density at radius 2 is 2.32 bits per heavy atom. The van der Waals surface area contributed by atoms with Gasteiger partial charge in [0, 0.05) is 0 Å². The maximum Gasteiger partial charge on any atom is 0.413 e. The Bertz CT molecular complexity index is 516. The van der Waals surface area contributed by atoms with E-state index in [0.717, 1.165) is 5.56 Å². The summed E-state index contributed by atoms with van der Waals surface area (Å²) in [5.41, 5.74) is 0.764. The number of alkyl carbamates (subject to hydrolysis) is 1. The van der Waals surface area contributed by atoms with Gasteiger partial charge in [-0.15, -0.1) is 0 Å². The highest BCUT2D eigenvalue weighted by atomic mass is 16.5. The molecule has 102 valence electrons. The smallest absolute Gasteiger partial charge is 0.413 e. The fourth-order valence-electron chi connectivity index (χ4n) is 1.72. The number of rotatable bonds is 2. The summed E-state index contributed by atoms with van der Waals surface area (Å²) in [7, 11) is 0. The van der Waals surface area contributed by atoms with Gasteiger partial charge in [0.1, 0.15) is 0 Å². The van der Waals surface area contributed by atoms with E-state index in [2.05, 4.69) is 15.6 Å². The van der Waals surface area contributed by atoms with Gasteiger partial charge < -0.3 is 20.3 Å². The monoisotopic (exact) mass is 265 g/mol. The van der Waals surface area contributed by atoms with Crippen LogP contribution in [0.15, 0.2) is 23.2 Å². The molecule has 0 aliphatic carbocycles. The Kier molecular flexibility index (Phi) is 3.74. The number of hydrogen-bond acceptors (Lipinski definition) is 6. The number of guanidine groups is 1. The van der Waals surface area contributed by atoms with Crippen LogP contribution < -0.4 is 10.6 Å². The van der Waals surface area contributed by atoms with Crippen LogP contribution in [0.1, 0.15) is 18.5 Å². The fourth-order valence-corrected chi connectivity index (χ4v) is 1.72. The third kappa shape index (κ3) is 3.06. The van der Waals surface area contributed by atoms with E-state index < -0.39 is 6.09 Å². The molecule has 1 unspecified atom stereocenters. The van der Waals surface area contributed by atoms with E-state index in [1.54, 1.807) is 13.0 Å². The van der Waals surface area contributed by atoms with Gasteiger partial charge in [0.25, 0.3) is 0 Å². The summed E-state index contributed by atoms with van der Waals surface area (Å²) in [6.45, 7) is 2.42. The van der Waals surface area contributed by atoms with Crippen molar-refractivity contribution in [3.63, 3.8) is 0 Å². The molecule has 1 aliphatic rings. The molecule has 0 saturated heterocycles. The third-order valence-corrected chi connectivity index (χ3v) is 2.64. The van der Waals surface area contributed by atoms with Crippen LogP contribution >= 0.6 is 0 Å². The zero-order chi connectivity index (χ0) is 13.8. The highest BCUT2D eigenvalue weighted by molar-refractivity contribution is 5.95. The van der Waals surface area contributed by atoms with Crippen LogP contribution in [0.4, 0.5) is 4.79 Å². The number of phenolic OH excluding ortho intramolecular Hbond substituents is 2. The molecule has 0 bridgehead atoms. The largest absolute Gasteiger partial charge is 0.504 e. The first-order chi connectivity index (χ1) is 9.10. The molecule has 1 aliphatic heterocycles. The van der Waals surface area contributed by atoms with Crippen molar-refractivity contribution in [2.75, 3.05) is 13.2 Å². The average Bonchev–Trinajstić information content (AvgIpc) is 2.81. The molecule has 0 spiro atoms. The Morgan fingerprint density at radius 1 is 1.53 bits per heavy atom. The van der Waals surface area contributed by atoms with Crippen molar-refractivity contribution in [3.05, 3.63) is 23.8 Å². The maximum absolute atomic E-state index is 11.2. The molecule has 0 radical (unpaired) electrons. The highest BCUT2D eigenvalue weighted by Crippen LogP contribution is 2.28. The third-order valence-electron chi connectivity index (χ3n) is 2.64. The average molecular weight is 265 g/mol. The number of phenols is 2. The van der Waals surface area contributed by atoms with Crippen molar-refractivity contribution in [1.29, 1.82) is 0 Å². The standard InChI is InChI=1S/C12H15N3O4/c1-2-19-12(18)15-11-13-6-8(14-11)7-3-4-9(16)10(17)5-7/h3-5,8,16-17H,2,6H2,1H3,(H2,13,14,15,18). The molecule has 0 saturated carbocycles. The van der Waals surface area contributed by atoms with Gasteiger partial charge in [0.05, 0.1) is 19.2 Å². The number of aliphatic imine (C=N–C) groups is 1. The molecule has 7 heteroatoms. The molecule has 19 heavy (non-hydrogen) atoms. The normalized spacial score (nSPS) is 17.5. The molecule has 1 heterocycles. The topological polar surface area (TPSA) is 103 Å². The number of nitrogens with zero attached hydrogens (tertiary/aromatic N) is 1. The number of carbonyl (C=O) groups is 1. The van der Waals surface area contributed by atoms with Crippen molar-refractivity contribution < 1.29 is 19.7 Å². The van der Waals surface area contributed by atoms with Gasteiger partial charge in [-0.1, -0.05) is 6.07 Å². The first-order valence-electron chi connectivity index (χ1n) is 5.86. The quantitative estimate of drug-likeness (QED) is 0.593. The van der Waals surface area contributed by atoms with E-state index >= 15 is 0 Å². The van der Waals surface area contributed by atoms with Gasteiger partial charge in [-0.3, -0.25) is 10.3 Å². The first-order valence-corrected chi connectivity index (χ1v) is 5.86. The van der Waals surface area contributed by atoms with E-state index in [1.807, 2.05) is 0 Å². The maximum atomic E-state index is 11.2. The minimum atomic E-state index is -0.567. The molecular weight excluding hydrogens is 250 g/mol. The summed E-state index contributed by atoms with van der Waals surface area (Å²) in [5.74, 6) is -0.0327. The Balaban J connectivity index is 1.96. The van der Waals surface area contributed by atoms with Crippen LogP contribution in [0.3, 0.4) is 0 Å². The van der Waals surface area contributed by atoms with Crippen molar-refractivity contribution in [1.82, 2.24) is 10.6 Å². The van der Waals surface area contributed by atoms with Gasteiger partial charge in [-0.05, 0) is 24.6 Å². The molecule has 0 fully saturated rings. The summed E-state index contributed by atoms with van der Waals surface area (Å²) in [5, 5.41) is 24.1. The van der Waals surface area contributed by atoms with Crippen LogP contribution in [0.25, 0.3) is 0 Å². The van der Waals surface area contributed by atoms with Gasteiger partial charge in [0.2, 0.25) is 5.96 Å². The van der Waals surface area contributed by atoms with Crippen LogP contribution in [-0.4, -0.2) is 35.4 Å². The fraction of sp³-hybridized carbons (Fsp3) is 0.333. The van der Waals surface area contributed by atoms with Crippen LogP contribution in [0, 0.1) is 0 Å². The van der Waals surface area contributed by atoms with E-state index in [4.69, 9.17) is 4.74 Å². The predicted octanol–water partition coefficient (Wildman–Crippen LogP) is 0.844. The molecule has 0 aromatic heterocycles. The van der Waals surface area contributed by atoms with E-state index in [-0.39, 0.29) is 24.1 Å². The summed E-state index contributed by atoms with van der Waals surface area (Å²) >= 11 is 0. The van der Waals surface area contributed by atoms with Crippen molar-refractivity contribution in [3.8, 4) is 11.5 Å². The van der Waals surface area contributed by atoms with Gasteiger partial charge in [-0.25, -0.2) is 4.79 Å². The van der Waals surface area contributed by atoms with Crippen LogP contribution in [0.5, 0.6) is 11.5 Å². The number of benzene rings is 1. The van der Waals surface area contributed by atoms with E-state index in [1.165, 1.54) is 12.1 Å².